The Morgan fingerprint density at radius 1 is 1.23 bits per heavy atom. The van der Waals surface area contributed by atoms with E-state index in [0.717, 1.165) is 16.9 Å². The molecule has 1 aromatic carbocycles. The minimum Gasteiger partial charge on any atom is -0.462 e. The van der Waals surface area contributed by atoms with Gasteiger partial charge in [-0.1, -0.05) is 37.3 Å². The molecule has 0 amide bonds. The average Bonchev–Trinajstić information content (AvgIpc) is 2.97. The minimum atomic E-state index is -0.577. The van der Waals surface area contributed by atoms with Gasteiger partial charge in [0.15, 0.2) is 0 Å². The summed E-state index contributed by atoms with van der Waals surface area (Å²) in [6, 6.07) is 11.3. The molecule has 2 rings (SSSR count). The first-order valence-electron chi connectivity index (χ1n) is 8.23. The Morgan fingerprint density at radius 3 is 2.50 bits per heavy atom. The van der Waals surface area contributed by atoms with Crippen LogP contribution in [0.3, 0.4) is 0 Å². The predicted molar refractivity (Wildman–Crippen MR) is 98.7 cm³/mol. The van der Waals surface area contributed by atoms with Crippen molar-refractivity contribution in [1.29, 1.82) is 5.26 Å². The molecule has 0 fully saturated rings. The molecule has 0 radical (unpaired) electrons. The van der Waals surface area contributed by atoms with E-state index < -0.39 is 17.9 Å². The van der Waals surface area contributed by atoms with Crippen molar-refractivity contribution >= 4 is 28.3 Å². The summed E-state index contributed by atoms with van der Waals surface area (Å²) in [6.45, 7) is 3.58. The molecule has 7 heteroatoms. The first-order chi connectivity index (χ1) is 12.5. The molecular formula is C19H20N2O4S. The van der Waals surface area contributed by atoms with Gasteiger partial charge >= 0.3 is 11.9 Å². The summed E-state index contributed by atoms with van der Waals surface area (Å²) >= 11 is 0.965. The zero-order valence-corrected chi connectivity index (χ0v) is 15.5. The highest BCUT2D eigenvalue weighted by Gasteiger charge is 2.26. The van der Waals surface area contributed by atoms with Crippen LogP contribution in [0.25, 0.3) is 0 Å². The maximum absolute atomic E-state index is 12.5. The topological polar surface area (TPSA) is 102 Å². The Kier molecular flexibility index (Phi) is 6.75. The van der Waals surface area contributed by atoms with Crippen LogP contribution in [0.2, 0.25) is 0 Å². The summed E-state index contributed by atoms with van der Waals surface area (Å²) in [7, 11) is 0. The summed E-state index contributed by atoms with van der Waals surface area (Å²) in [5.41, 5.74) is 7.12. The number of rotatable bonds is 7. The fraction of sp³-hybridized carbons (Fsp3) is 0.316. The Morgan fingerprint density at radius 2 is 1.92 bits per heavy atom. The number of esters is 2. The Balaban J connectivity index is 2.21. The lowest BCUT2D eigenvalue weighted by atomic mass is 9.97. The third-order valence-electron chi connectivity index (χ3n) is 3.86. The second kappa shape index (κ2) is 9.02. The van der Waals surface area contributed by atoms with Gasteiger partial charge in [0.1, 0.15) is 22.6 Å². The lowest BCUT2D eigenvalue weighted by molar-refractivity contribution is -0.146. The first kappa shape index (κ1) is 19.5. The van der Waals surface area contributed by atoms with Crippen LogP contribution in [0.4, 0.5) is 5.00 Å². The zero-order chi connectivity index (χ0) is 19.1. The maximum atomic E-state index is 12.5. The number of nitrogen functional groups attached to an aromatic ring is 1. The monoisotopic (exact) mass is 372 g/mol. The van der Waals surface area contributed by atoms with Crippen LogP contribution in [0.1, 0.15) is 52.5 Å². The second-order valence-electron chi connectivity index (χ2n) is 5.46. The summed E-state index contributed by atoms with van der Waals surface area (Å²) in [4.78, 5) is 24.8. The van der Waals surface area contributed by atoms with Gasteiger partial charge in [0.25, 0.3) is 0 Å². The van der Waals surface area contributed by atoms with E-state index in [1.807, 2.05) is 43.3 Å². The Labute approximate surface area is 156 Å². The minimum absolute atomic E-state index is 0.151. The third-order valence-corrected chi connectivity index (χ3v) is 4.90. The molecule has 6 nitrogen and oxygen atoms in total. The lowest BCUT2D eigenvalue weighted by Crippen LogP contribution is -2.16. The largest absolute Gasteiger partial charge is 0.462 e. The van der Waals surface area contributed by atoms with Gasteiger partial charge in [-0.2, -0.15) is 5.26 Å². The van der Waals surface area contributed by atoms with Crippen LogP contribution >= 0.6 is 11.3 Å². The van der Waals surface area contributed by atoms with Crippen molar-refractivity contribution in [3.63, 3.8) is 0 Å². The molecule has 136 valence electrons. The Bertz CT molecular complexity index is 824. The van der Waals surface area contributed by atoms with Crippen molar-refractivity contribution in [2.45, 2.75) is 32.8 Å². The summed E-state index contributed by atoms with van der Waals surface area (Å²) in [5, 5.41) is 9.51. The summed E-state index contributed by atoms with van der Waals surface area (Å²) in [6.07, 6.45) is 0.574. The molecule has 26 heavy (non-hydrogen) atoms. The highest BCUT2D eigenvalue weighted by Crippen LogP contribution is 2.32. The smallest absolute Gasteiger partial charge is 0.348 e. The van der Waals surface area contributed by atoms with E-state index in [1.54, 1.807) is 6.92 Å². The molecular weight excluding hydrogens is 352 g/mol. The standard InChI is InChI=1S/C19H20N2O4S/c1-3-13(12-8-6-5-7-9-12)18(22)25-11-15-14(10-20)17(21)26-16(15)19(23)24-4-2/h5-9,13H,3-4,11,21H2,1-2H3. The van der Waals surface area contributed by atoms with Gasteiger partial charge in [0.2, 0.25) is 0 Å². The molecule has 0 spiro atoms. The number of anilines is 1. The number of ether oxygens (including phenoxy) is 2. The van der Waals surface area contributed by atoms with Crippen LogP contribution in [-0.2, 0) is 20.9 Å². The molecule has 2 N–H and O–H groups in total. The SMILES string of the molecule is CCOC(=O)c1sc(N)c(C#N)c1COC(=O)C(CC)c1ccccc1. The molecule has 1 heterocycles. The Hall–Kier alpha value is -2.85. The molecule has 0 aliphatic carbocycles. The van der Waals surface area contributed by atoms with Crippen molar-refractivity contribution in [3.05, 3.63) is 51.9 Å². The van der Waals surface area contributed by atoms with Gasteiger partial charge in [-0.05, 0) is 18.9 Å². The van der Waals surface area contributed by atoms with Crippen molar-refractivity contribution in [3.8, 4) is 6.07 Å². The van der Waals surface area contributed by atoms with Gasteiger partial charge in [0, 0.05) is 5.56 Å². The van der Waals surface area contributed by atoms with Crippen LogP contribution in [-0.4, -0.2) is 18.5 Å². The molecule has 0 saturated heterocycles. The van der Waals surface area contributed by atoms with Gasteiger partial charge in [-0.15, -0.1) is 11.3 Å². The number of benzene rings is 1. The predicted octanol–water partition coefficient (Wildman–Crippen LogP) is 3.62. The van der Waals surface area contributed by atoms with Crippen LogP contribution in [0.5, 0.6) is 0 Å². The van der Waals surface area contributed by atoms with Crippen molar-refractivity contribution in [1.82, 2.24) is 0 Å². The van der Waals surface area contributed by atoms with Crippen molar-refractivity contribution < 1.29 is 19.1 Å². The van der Waals surface area contributed by atoms with E-state index in [2.05, 4.69) is 0 Å². The number of thiophene rings is 1. The number of carbonyl (C=O) groups excluding carboxylic acids is 2. The van der Waals surface area contributed by atoms with E-state index in [9.17, 15) is 14.9 Å². The molecule has 0 bridgehead atoms. The van der Waals surface area contributed by atoms with E-state index >= 15 is 0 Å². The molecule has 2 aromatic rings. The van der Waals surface area contributed by atoms with Crippen LogP contribution in [0.15, 0.2) is 30.3 Å². The highest BCUT2D eigenvalue weighted by molar-refractivity contribution is 7.18. The maximum Gasteiger partial charge on any atom is 0.348 e. The van der Waals surface area contributed by atoms with E-state index in [1.165, 1.54) is 0 Å². The van der Waals surface area contributed by atoms with Gasteiger partial charge in [-0.3, -0.25) is 4.79 Å². The number of hydrogen-bond acceptors (Lipinski definition) is 7. The number of nitriles is 1. The van der Waals surface area contributed by atoms with Gasteiger partial charge < -0.3 is 15.2 Å². The average molecular weight is 372 g/mol. The summed E-state index contributed by atoms with van der Waals surface area (Å²) in [5.74, 6) is -1.40. The van der Waals surface area contributed by atoms with E-state index in [-0.39, 0.29) is 28.7 Å². The molecule has 1 aromatic heterocycles. The lowest BCUT2D eigenvalue weighted by Gasteiger charge is -2.15. The molecule has 1 atom stereocenters. The van der Waals surface area contributed by atoms with Gasteiger partial charge in [-0.25, -0.2) is 4.79 Å². The zero-order valence-electron chi connectivity index (χ0n) is 14.7. The molecule has 0 saturated carbocycles. The fourth-order valence-corrected chi connectivity index (χ4v) is 3.49. The van der Waals surface area contributed by atoms with E-state index in [0.29, 0.717) is 12.0 Å². The van der Waals surface area contributed by atoms with E-state index in [4.69, 9.17) is 15.2 Å². The number of carbonyl (C=O) groups is 2. The second-order valence-corrected chi connectivity index (χ2v) is 6.51. The quantitative estimate of drug-likeness (QED) is 0.745. The van der Waals surface area contributed by atoms with Gasteiger partial charge in [0.05, 0.1) is 18.1 Å². The molecule has 0 aliphatic heterocycles. The highest BCUT2D eigenvalue weighted by atomic mass is 32.1. The fourth-order valence-electron chi connectivity index (χ4n) is 2.57. The molecule has 1 unspecified atom stereocenters. The van der Waals surface area contributed by atoms with Crippen LogP contribution in [0, 0.1) is 11.3 Å². The summed E-state index contributed by atoms with van der Waals surface area (Å²) < 4.78 is 10.4. The number of nitrogens with zero attached hydrogens (tertiary/aromatic N) is 1. The first-order valence-corrected chi connectivity index (χ1v) is 9.04. The number of hydrogen-bond donors (Lipinski definition) is 1. The molecule has 0 aliphatic rings. The number of nitrogens with two attached hydrogens (primary N) is 1. The van der Waals surface area contributed by atoms with Crippen LogP contribution < -0.4 is 5.73 Å². The third kappa shape index (κ3) is 4.21. The normalized spacial score (nSPS) is 11.4. The van der Waals surface area contributed by atoms with Crippen molar-refractivity contribution in [2.24, 2.45) is 0 Å². The van der Waals surface area contributed by atoms with Crippen molar-refractivity contribution in [2.75, 3.05) is 12.3 Å².